The molecule has 1 unspecified atom stereocenters. The monoisotopic (exact) mass is 282 g/mol. The normalized spacial score (nSPS) is 21.4. The molecule has 1 aliphatic rings. The Kier molecular flexibility index (Phi) is 4.98. The Balaban J connectivity index is 2.17. The van der Waals surface area contributed by atoms with Gasteiger partial charge in [0.25, 0.3) is 0 Å². The van der Waals surface area contributed by atoms with Crippen molar-refractivity contribution in [1.29, 1.82) is 0 Å². The number of nitrogens with zero attached hydrogens (tertiary/aromatic N) is 1. The Bertz CT molecular complexity index is 414. The number of rotatable bonds is 6. The van der Waals surface area contributed by atoms with Gasteiger partial charge in [-0.15, -0.1) is 11.3 Å². The van der Waals surface area contributed by atoms with Crippen molar-refractivity contribution in [2.75, 3.05) is 13.2 Å². The van der Waals surface area contributed by atoms with Crippen LogP contribution in [0.2, 0.25) is 0 Å². The molecule has 0 aliphatic heterocycles. The van der Waals surface area contributed by atoms with E-state index < -0.39 is 0 Å². The van der Waals surface area contributed by atoms with Gasteiger partial charge >= 0.3 is 0 Å². The van der Waals surface area contributed by atoms with Crippen LogP contribution in [-0.4, -0.2) is 18.1 Å². The summed E-state index contributed by atoms with van der Waals surface area (Å²) in [5.41, 5.74) is 1.64. The van der Waals surface area contributed by atoms with Gasteiger partial charge in [0.2, 0.25) is 0 Å². The molecule has 0 radical (unpaired) electrons. The Hall–Kier alpha value is -0.450. The first-order chi connectivity index (χ1) is 9.05. The molecule has 1 atom stereocenters. The molecule has 19 heavy (non-hydrogen) atoms. The Morgan fingerprint density at radius 1 is 1.42 bits per heavy atom. The molecule has 0 aromatic carbocycles. The minimum absolute atomic E-state index is 0.343. The second kappa shape index (κ2) is 6.33. The number of nitrogens with one attached hydrogen (secondary N) is 1. The third kappa shape index (κ3) is 3.77. The Morgan fingerprint density at radius 3 is 2.89 bits per heavy atom. The maximum absolute atomic E-state index is 5.49. The van der Waals surface area contributed by atoms with Gasteiger partial charge in [-0.2, -0.15) is 0 Å². The van der Waals surface area contributed by atoms with E-state index in [1.54, 1.807) is 0 Å². The molecule has 3 nitrogen and oxygen atoms in total. The number of ether oxygens (including phenoxy) is 1. The molecule has 1 heterocycles. The van der Waals surface area contributed by atoms with Gasteiger partial charge in [0, 0.05) is 17.5 Å². The fourth-order valence-electron chi connectivity index (χ4n) is 2.72. The second-order valence-corrected chi connectivity index (χ2v) is 7.22. The van der Waals surface area contributed by atoms with Gasteiger partial charge in [0.15, 0.2) is 0 Å². The summed E-state index contributed by atoms with van der Waals surface area (Å²) in [5.74, 6) is 0. The van der Waals surface area contributed by atoms with Crippen LogP contribution in [-0.2, 0) is 17.8 Å². The van der Waals surface area contributed by atoms with Crippen LogP contribution in [0.15, 0.2) is 0 Å². The van der Waals surface area contributed by atoms with Crippen LogP contribution < -0.4 is 5.32 Å². The Labute approximate surface area is 120 Å². The quantitative estimate of drug-likeness (QED) is 0.864. The highest BCUT2D eigenvalue weighted by molar-refractivity contribution is 7.11. The summed E-state index contributed by atoms with van der Waals surface area (Å²) in [6.07, 6.45) is 3.47. The highest BCUT2D eigenvalue weighted by atomic mass is 32.1. The first-order valence-electron chi connectivity index (χ1n) is 7.35. The van der Waals surface area contributed by atoms with E-state index in [2.05, 4.69) is 26.1 Å². The van der Waals surface area contributed by atoms with E-state index in [9.17, 15) is 0 Å². The van der Waals surface area contributed by atoms with Crippen molar-refractivity contribution >= 4 is 11.3 Å². The predicted octanol–water partition coefficient (Wildman–Crippen LogP) is 3.69. The molecule has 0 spiro atoms. The fraction of sp³-hybridized carbons (Fsp3) is 0.800. The molecule has 108 valence electrons. The van der Waals surface area contributed by atoms with E-state index in [1.165, 1.54) is 23.4 Å². The third-order valence-corrected chi connectivity index (χ3v) is 4.75. The minimum atomic E-state index is 0.343. The van der Waals surface area contributed by atoms with E-state index in [4.69, 9.17) is 9.72 Å². The number of thiazole rings is 1. The van der Waals surface area contributed by atoms with Crippen LogP contribution in [0.5, 0.6) is 0 Å². The molecule has 1 aromatic rings. The van der Waals surface area contributed by atoms with E-state index >= 15 is 0 Å². The number of hydrogen-bond acceptors (Lipinski definition) is 4. The molecule has 1 aliphatic carbocycles. The summed E-state index contributed by atoms with van der Waals surface area (Å²) < 4.78 is 5.49. The van der Waals surface area contributed by atoms with E-state index in [1.807, 2.05) is 18.3 Å². The molecule has 0 bridgehead atoms. The van der Waals surface area contributed by atoms with Gasteiger partial charge in [0.05, 0.1) is 12.3 Å². The van der Waals surface area contributed by atoms with Crippen LogP contribution >= 0.6 is 11.3 Å². The molecule has 2 rings (SSSR count). The lowest BCUT2D eigenvalue weighted by atomic mass is 9.76. The summed E-state index contributed by atoms with van der Waals surface area (Å²) in [7, 11) is 0. The second-order valence-electron chi connectivity index (χ2n) is 6.11. The van der Waals surface area contributed by atoms with Gasteiger partial charge in [-0.1, -0.05) is 20.8 Å². The van der Waals surface area contributed by atoms with E-state index in [-0.39, 0.29) is 0 Å². The highest BCUT2D eigenvalue weighted by Crippen LogP contribution is 2.43. The van der Waals surface area contributed by atoms with Gasteiger partial charge in [0.1, 0.15) is 5.01 Å². The van der Waals surface area contributed by atoms with Crippen LogP contribution in [0, 0.1) is 5.41 Å². The summed E-state index contributed by atoms with van der Waals surface area (Å²) in [6.45, 7) is 11.4. The third-order valence-electron chi connectivity index (χ3n) is 3.56. The zero-order valence-corrected chi connectivity index (χ0v) is 13.4. The lowest BCUT2D eigenvalue weighted by Gasteiger charge is -2.34. The summed E-state index contributed by atoms with van der Waals surface area (Å²) in [5, 5.41) is 4.81. The maximum Gasteiger partial charge on any atom is 0.119 e. The van der Waals surface area contributed by atoms with Crippen molar-refractivity contribution in [3.63, 3.8) is 0 Å². The number of aromatic nitrogens is 1. The first kappa shape index (κ1) is 14.9. The zero-order valence-electron chi connectivity index (χ0n) is 12.6. The molecule has 0 fully saturated rings. The smallest absolute Gasteiger partial charge is 0.119 e. The van der Waals surface area contributed by atoms with E-state index in [0.29, 0.717) is 18.1 Å². The van der Waals surface area contributed by atoms with Crippen LogP contribution in [0.1, 0.15) is 62.2 Å². The van der Waals surface area contributed by atoms with Gasteiger partial charge in [-0.25, -0.2) is 4.98 Å². The van der Waals surface area contributed by atoms with Gasteiger partial charge in [-0.05, 0) is 38.1 Å². The predicted molar refractivity (Wildman–Crippen MR) is 80.6 cm³/mol. The maximum atomic E-state index is 5.49. The fourth-order valence-corrected chi connectivity index (χ4v) is 3.81. The van der Waals surface area contributed by atoms with Crippen molar-refractivity contribution < 1.29 is 4.74 Å². The summed E-state index contributed by atoms with van der Waals surface area (Å²) >= 11 is 1.84. The Morgan fingerprint density at radius 2 is 2.21 bits per heavy atom. The molecule has 1 aromatic heterocycles. The van der Waals surface area contributed by atoms with Crippen LogP contribution in [0.4, 0.5) is 0 Å². The van der Waals surface area contributed by atoms with Crippen molar-refractivity contribution in [2.45, 2.75) is 59.6 Å². The summed E-state index contributed by atoms with van der Waals surface area (Å²) in [4.78, 5) is 6.24. The van der Waals surface area contributed by atoms with E-state index in [0.717, 1.165) is 24.6 Å². The largest absolute Gasteiger partial charge is 0.375 e. The zero-order chi connectivity index (χ0) is 13.9. The molecule has 4 heteroatoms. The topological polar surface area (TPSA) is 34.2 Å². The van der Waals surface area contributed by atoms with Crippen molar-refractivity contribution in [3.8, 4) is 0 Å². The standard InChI is InChI=1S/C15H26N2OS/c1-5-7-16-11-8-15(3,4)9-12-14(11)19-13(17-12)10-18-6-2/h11,16H,5-10H2,1-4H3. The molecule has 1 N–H and O–H groups in total. The number of hydrogen-bond donors (Lipinski definition) is 1. The average molecular weight is 282 g/mol. The minimum Gasteiger partial charge on any atom is -0.375 e. The molecular formula is C15H26N2OS. The van der Waals surface area contributed by atoms with Crippen LogP contribution in [0.25, 0.3) is 0 Å². The lowest BCUT2D eigenvalue weighted by Crippen LogP contribution is -2.33. The van der Waals surface area contributed by atoms with Gasteiger partial charge < -0.3 is 10.1 Å². The molecule has 0 saturated carbocycles. The first-order valence-corrected chi connectivity index (χ1v) is 8.17. The van der Waals surface area contributed by atoms with Crippen molar-refractivity contribution in [1.82, 2.24) is 10.3 Å². The molecule has 0 saturated heterocycles. The van der Waals surface area contributed by atoms with Gasteiger partial charge in [-0.3, -0.25) is 0 Å². The highest BCUT2D eigenvalue weighted by Gasteiger charge is 2.34. The molecule has 0 amide bonds. The van der Waals surface area contributed by atoms with Crippen molar-refractivity contribution in [3.05, 3.63) is 15.6 Å². The number of fused-ring (bicyclic) bond motifs is 1. The summed E-state index contributed by atoms with van der Waals surface area (Å²) in [6, 6.07) is 0.478. The lowest BCUT2D eigenvalue weighted by molar-refractivity contribution is 0.133. The molecular weight excluding hydrogens is 256 g/mol. The van der Waals surface area contributed by atoms with Crippen molar-refractivity contribution in [2.24, 2.45) is 5.41 Å². The van der Waals surface area contributed by atoms with Crippen LogP contribution in [0.3, 0.4) is 0 Å². The average Bonchev–Trinajstić information content (AvgIpc) is 2.74. The SMILES string of the molecule is CCCNC1CC(C)(C)Cc2nc(COCC)sc21.